The van der Waals surface area contributed by atoms with Crippen molar-refractivity contribution in [1.82, 2.24) is 4.90 Å². The Kier molecular flexibility index (Phi) is 3.21. The summed E-state index contributed by atoms with van der Waals surface area (Å²) in [5, 5.41) is 0. The van der Waals surface area contributed by atoms with Crippen LogP contribution < -0.4 is 0 Å². The fraction of sp³-hybridized carbons (Fsp3) is 0.562. The Morgan fingerprint density at radius 1 is 1.47 bits per heavy atom. The van der Waals surface area contributed by atoms with Crippen molar-refractivity contribution < 1.29 is 9.53 Å². The van der Waals surface area contributed by atoms with Crippen LogP contribution in [-0.2, 0) is 11.2 Å². The van der Waals surface area contributed by atoms with E-state index in [1.54, 1.807) is 0 Å². The molecule has 1 saturated heterocycles. The number of carbonyl (C=O) groups is 1. The second-order valence-electron chi connectivity index (χ2n) is 5.65. The minimum absolute atomic E-state index is 0.151. The van der Waals surface area contributed by atoms with E-state index in [1.165, 1.54) is 23.1 Å². The predicted molar refractivity (Wildman–Crippen MR) is 74.3 cm³/mol. The fourth-order valence-electron chi connectivity index (χ4n) is 3.59. The number of rotatable bonds is 1. The molecule has 1 aromatic rings. The Morgan fingerprint density at radius 2 is 2.32 bits per heavy atom. The molecule has 2 aliphatic rings. The van der Waals surface area contributed by atoms with E-state index < -0.39 is 0 Å². The van der Waals surface area contributed by atoms with Gasteiger partial charge in [0.1, 0.15) is 0 Å². The molecule has 1 aliphatic heterocycles. The minimum Gasteiger partial charge on any atom is -0.450 e. The molecule has 0 N–H and O–H groups in total. The first-order valence-electron chi connectivity index (χ1n) is 7.20. The van der Waals surface area contributed by atoms with Gasteiger partial charge >= 0.3 is 6.09 Å². The van der Waals surface area contributed by atoms with Gasteiger partial charge in [-0.3, -0.25) is 0 Å². The van der Waals surface area contributed by atoms with Gasteiger partial charge in [0.25, 0.3) is 0 Å². The molecule has 0 saturated carbocycles. The van der Waals surface area contributed by atoms with Gasteiger partial charge in [0, 0.05) is 19.0 Å². The summed E-state index contributed by atoms with van der Waals surface area (Å²) in [5.41, 5.74) is 4.37. The highest BCUT2D eigenvalue weighted by Crippen LogP contribution is 2.43. The summed E-state index contributed by atoms with van der Waals surface area (Å²) in [6.07, 6.45) is 2.13. The van der Waals surface area contributed by atoms with Crippen molar-refractivity contribution in [2.45, 2.75) is 32.6 Å². The highest BCUT2D eigenvalue weighted by Gasteiger charge is 2.38. The highest BCUT2D eigenvalue weighted by atomic mass is 16.6. The van der Waals surface area contributed by atoms with Gasteiger partial charge in [-0.05, 0) is 49.3 Å². The Labute approximate surface area is 114 Å². The summed E-state index contributed by atoms with van der Waals surface area (Å²) >= 11 is 0. The zero-order chi connectivity index (χ0) is 13.4. The Bertz CT molecular complexity index is 498. The molecular formula is C16H21NO2. The summed E-state index contributed by atoms with van der Waals surface area (Å²) in [5.74, 6) is 1.22. The lowest BCUT2D eigenvalue weighted by Gasteiger charge is -2.34. The minimum atomic E-state index is -0.151. The van der Waals surface area contributed by atoms with Crippen LogP contribution in [0, 0.1) is 12.8 Å². The van der Waals surface area contributed by atoms with E-state index in [4.69, 9.17) is 4.74 Å². The van der Waals surface area contributed by atoms with E-state index in [-0.39, 0.29) is 6.09 Å². The zero-order valence-electron chi connectivity index (χ0n) is 11.7. The molecule has 3 nitrogen and oxygen atoms in total. The van der Waals surface area contributed by atoms with Crippen molar-refractivity contribution in [2.75, 3.05) is 19.7 Å². The van der Waals surface area contributed by atoms with Gasteiger partial charge in [-0.25, -0.2) is 4.79 Å². The molecule has 19 heavy (non-hydrogen) atoms. The van der Waals surface area contributed by atoms with Gasteiger partial charge in [-0.1, -0.05) is 18.2 Å². The SMILES string of the molecule is CCOC(=O)N1CCC2Cc3c(C)cccc3C2C1. The van der Waals surface area contributed by atoms with Crippen molar-refractivity contribution in [3.8, 4) is 0 Å². The first-order valence-corrected chi connectivity index (χ1v) is 7.20. The lowest BCUT2D eigenvalue weighted by Crippen LogP contribution is -2.42. The maximum atomic E-state index is 11.9. The van der Waals surface area contributed by atoms with Crippen molar-refractivity contribution in [3.63, 3.8) is 0 Å². The molecule has 0 radical (unpaired) electrons. The quantitative estimate of drug-likeness (QED) is 0.775. The lowest BCUT2D eigenvalue weighted by molar-refractivity contribution is 0.0876. The molecule has 1 aromatic carbocycles. The van der Waals surface area contributed by atoms with E-state index in [0.717, 1.165) is 19.5 Å². The molecule has 1 heterocycles. The molecule has 3 rings (SSSR count). The third-order valence-corrected chi connectivity index (χ3v) is 4.59. The summed E-state index contributed by atoms with van der Waals surface area (Å²) in [7, 11) is 0. The largest absolute Gasteiger partial charge is 0.450 e. The van der Waals surface area contributed by atoms with E-state index in [1.807, 2.05) is 11.8 Å². The molecule has 0 spiro atoms. The molecule has 102 valence electrons. The van der Waals surface area contributed by atoms with Gasteiger partial charge in [0.15, 0.2) is 0 Å². The number of carbonyl (C=O) groups excluding carboxylic acids is 1. The van der Waals surface area contributed by atoms with Crippen LogP contribution in [0.3, 0.4) is 0 Å². The van der Waals surface area contributed by atoms with E-state index in [0.29, 0.717) is 18.4 Å². The number of hydrogen-bond donors (Lipinski definition) is 0. The number of nitrogens with zero attached hydrogens (tertiary/aromatic N) is 1. The highest BCUT2D eigenvalue weighted by molar-refractivity contribution is 5.68. The average Bonchev–Trinajstić information content (AvgIpc) is 2.78. The number of ether oxygens (including phenoxy) is 1. The second-order valence-corrected chi connectivity index (χ2v) is 5.65. The van der Waals surface area contributed by atoms with Crippen LogP contribution in [-0.4, -0.2) is 30.7 Å². The number of piperidine rings is 1. The standard InChI is InChI=1S/C16H21NO2/c1-3-19-16(18)17-8-7-12-9-14-11(2)5-4-6-13(14)15(12)10-17/h4-6,12,15H,3,7-10H2,1-2H3. The van der Waals surface area contributed by atoms with Crippen LogP contribution in [0.25, 0.3) is 0 Å². The molecule has 0 bridgehead atoms. The second kappa shape index (κ2) is 4.87. The third kappa shape index (κ3) is 2.11. The molecule has 0 aromatic heterocycles. The summed E-state index contributed by atoms with van der Waals surface area (Å²) < 4.78 is 5.13. The van der Waals surface area contributed by atoms with Crippen molar-refractivity contribution in [1.29, 1.82) is 0 Å². The van der Waals surface area contributed by atoms with E-state index >= 15 is 0 Å². The van der Waals surface area contributed by atoms with Crippen LogP contribution in [0.1, 0.15) is 36.0 Å². The first kappa shape index (κ1) is 12.5. The predicted octanol–water partition coefficient (Wildman–Crippen LogP) is 3.11. The molecule has 2 unspecified atom stereocenters. The van der Waals surface area contributed by atoms with Crippen LogP contribution >= 0.6 is 0 Å². The summed E-state index contributed by atoms with van der Waals surface area (Å²) in [4.78, 5) is 13.7. The van der Waals surface area contributed by atoms with Crippen LogP contribution in [0.4, 0.5) is 4.79 Å². The maximum absolute atomic E-state index is 11.9. The van der Waals surface area contributed by atoms with Crippen molar-refractivity contribution in [3.05, 3.63) is 34.9 Å². The molecular weight excluding hydrogens is 238 g/mol. The molecule has 3 heteroatoms. The van der Waals surface area contributed by atoms with Gasteiger partial charge in [-0.15, -0.1) is 0 Å². The van der Waals surface area contributed by atoms with Crippen molar-refractivity contribution >= 4 is 6.09 Å². The number of amides is 1. The van der Waals surface area contributed by atoms with Gasteiger partial charge < -0.3 is 9.64 Å². The van der Waals surface area contributed by atoms with Crippen LogP contribution in [0.15, 0.2) is 18.2 Å². The molecule has 1 aliphatic carbocycles. The Hall–Kier alpha value is -1.51. The Morgan fingerprint density at radius 3 is 3.11 bits per heavy atom. The lowest BCUT2D eigenvalue weighted by atomic mass is 9.86. The molecule has 2 atom stereocenters. The van der Waals surface area contributed by atoms with Crippen molar-refractivity contribution in [2.24, 2.45) is 5.92 Å². The normalized spacial score (nSPS) is 24.8. The maximum Gasteiger partial charge on any atom is 0.409 e. The van der Waals surface area contributed by atoms with Gasteiger partial charge in [-0.2, -0.15) is 0 Å². The van der Waals surface area contributed by atoms with E-state index in [2.05, 4.69) is 25.1 Å². The molecule has 1 amide bonds. The third-order valence-electron chi connectivity index (χ3n) is 4.59. The monoisotopic (exact) mass is 259 g/mol. The zero-order valence-corrected chi connectivity index (χ0v) is 11.7. The molecule has 1 fully saturated rings. The topological polar surface area (TPSA) is 29.5 Å². The van der Waals surface area contributed by atoms with Gasteiger partial charge in [0.05, 0.1) is 6.61 Å². The number of benzene rings is 1. The average molecular weight is 259 g/mol. The number of hydrogen-bond acceptors (Lipinski definition) is 2. The van der Waals surface area contributed by atoms with E-state index in [9.17, 15) is 4.79 Å². The smallest absolute Gasteiger partial charge is 0.409 e. The first-order chi connectivity index (χ1) is 9.20. The number of aryl methyl sites for hydroxylation is 1. The Balaban J connectivity index is 1.81. The fourth-order valence-corrected chi connectivity index (χ4v) is 3.59. The van der Waals surface area contributed by atoms with Gasteiger partial charge in [0.2, 0.25) is 0 Å². The number of fused-ring (bicyclic) bond motifs is 3. The summed E-state index contributed by atoms with van der Waals surface area (Å²) in [6, 6.07) is 6.57. The number of likely N-dealkylation sites (tertiary alicyclic amines) is 1. The van der Waals surface area contributed by atoms with Crippen LogP contribution in [0.5, 0.6) is 0 Å². The van der Waals surface area contributed by atoms with Crippen LogP contribution in [0.2, 0.25) is 0 Å². The summed E-state index contributed by atoms with van der Waals surface area (Å²) in [6.45, 7) is 6.17.